The molecule has 0 aliphatic carbocycles. The second kappa shape index (κ2) is 4.25. The molecule has 0 spiro atoms. The molecular formula is C16H13N3. The summed E-state index contributed by atoms with van der Waals surface area (Å²) in [6.07, 6.45) is 1.88. The van der Waals surface area contributed by atoms with E-state index in [1.54, 1.807) is 0 Å². The van der Waals surface area contributed by atoms with Crippen molar-refractivity contribution in [1.82, 2.24) is 9.55 Å². The predicted octanol–water partition coefficient (Wildman–Crippen LogP) is 3.51. The largest absolute Gasteiger partial charge is 0.312 e. The van der Waals surface area contributed by atoms with Gasteiger partial charge in [0, 0.05) is 17.6 Å². The highest BCUT2D eigenvalue weighted by Crippen LogP contribution is 2.23. The van der Waals surface area contributed by atoms with Crippen molar-refractivity contribution in [2.75, 3.05) is 0 Å². The Morgan fingerprint density at radius 1 is 1.11 bits per heavy atom. The SMILES string of the molecule is Cc1cnc2cc(C)n(-c3ccc(C#N)cc3)c2c1. The monoisotopic (exact) mass is 247 g/mol. The molecular weight excluding hydrogens is 234 g/mol. The Bertz CT molecular complexity index is 789. The van der Waals surface area contributed by atoms with E-state index in [9.17, 15) is 0 Å². The highest BCUT2D eigenvalue weighted by molar-refractivity contribution is 5.79. The fourth-order valence-corrected chi connectivity index (χ4v) is 2.33. The van der Waals surface area contributed by atoms with Crippen molar-refractivity contribution < 1.29 is 0 Å². The lowest BCUT2D eigenvalue weighted by atomic mass is 10.2. The van der Waals surface area contributed by atoms with Crippen molar-refractivity contribution in [2.45, 2.75) is 13.8 Å². The maximum Gasteiger partial charge on any atom is 0.0991 e. The van der Waals surface area contributed by atoms with E-state index in [1.807, 2.05) is 37.4 Å². The van der Waals surface area contributed by atoms with Crippen molar-refractivity contribution in [3.63, 3.8) is 0 Å². The van der Waals surface area contributed by atoms with E-state index in [4.69, 9.17) is 5.26 Å². The van der Waals surface area contributed by atoms with Crippen molar-refractivity contribution in [3.8, 4) is 11.8 Å². The highest BCUT2D eigenvalue weighted by Gasteiger charge is 2.08. The van der Waals surface area contributed by atoms with Gasteiger partial charge in [0.15, 0.2) is 0 Å². The second-order valence-electron chi connectivity index (χ2n) is 4.70. The Hall–Kier alpha value is -2.60. The van der Waals surface area contributed by atoms with Crippen LogP contribution in [0.4, 0.5) is 0 Å². The lowest BCUT2D eigenvalue weighted by molar-refractivity contribution is 1.05. The average molecular weight is 247 g/mol. The van der Waals surface area contributed by atoms with Gasteiger partial charge >= 0.3 is 0 Å². The molecule has 0 aliphatic heterocycles. The number of nitrogens with zero attached hydrogens (tertiary/aromatic N) is 3. The summed E-state index contributed by atoms with van der Waals surface area (Å²) in [5, 5.41) is 8.85. The predicted molar refractivity (Wildman–Crippen MR) is 75.3 cm³/mol. The smallest absolute Gasteiger partial charge is 0.0991 e. The fourth-order valence-electron chi connectivity index (χ4n) is 2.33. The molecule has 0 aliphatic rings. The minimum absolute atomic E-state index is 0.673. The first-order chi connectivity index (χ1) is 9.19. The molecule has 1 aromatic carbocycles. The Kier molecular flexibility index (Phi) is 2.57. The molecule has 2 heterocycles. The first-order valence-corrected chi connectivity index (χ1v) is 6.14. The fraction of sp³-hybridized carbons (Fsp3) is 0.125. The second-order valence-corrected chi connectivity index (χ2v) is 4.70. The lowest BCUT2D eigenvalue weighted by Gasteiger charge is -2.08. The number of rotatable bonds is 1. The lowest BCUT2D eigenvalue weighted by Crippen LogP contribution is -1.96. The number of nitriles is 1. The van der Waals surface area contributed by atoms with Gasteiger partial charge in [0.2, 0.25) is 0 Å². The number of hydrogen-bond donors (Lipinski definition) is 0. The Morgan fingerprint density at radius 3 is 2.53 bits per heavy atom. The molecule has 92 valence electrons. The molecule has 3 nitrogen and oxygen atoms in total. The molecule has 0 bridgehead atoms. The summed E-state index contributed by atoms with van der Waals surface area (Å²) in [5.41, 5.74) is 6.10. The van der Waals surface area contributed by atoms with Gasteiger partial charge in [-0.05, 0) is 55.8 Å². The van der Waals surface area contributed by atoms with Gasteiger partial charge in [-0.1, -0.05) is 0 Å². The standard InChI is InChI=1S/C16H13N3/c1-11-7-16-15(18-10-11)8-12(2)19(16)14-5-3-13(9-17)4-6-14/h3-8,10H,1-2H3. The van der Waals surface area contributed by atoms with Crippen LogP contribution in [0.15, 0.2) is 42.6 Å². The van der Waals surface area contributed by atoms with Crippen LogP contribution in [0.25, 0.3) is 16.7 Å². The van der Waals surface area contributed by atoms with Crippen LogP contribution in [-0.2, 0) is 0 Å². The molecule has 2 aromatic heterocycles. The average Bonchev–Trinajstić information content (AvgIpc) is 2.74. The van der Waals surface area contributed by atoms with Crippen LogP contribution in [0, 0.1) is 25.2 Å². The molecule has 19 heavy (non-hydrogen) atoms. The molecule has 3 aromatic rings. The van der Waals surface area contributed by atoms with Crippen LogP contribution in [0.3, 0.4) is 0 Å². The van der Waals surface area contributed by atoms with E-state index in [2.05, 4.69) is 34.7 Å². The normalized spacial score (nSPS) is 10.6. The Balaban J connectivity index is 2.26. The minimum Gasteiger partial charge on any atom is -0.312 e. The van der Waals surface area contributed by atoms with Crippen molar-refractivity contribution in [2.24, 2.45) is 0 Å². The summed E-state index contributed by atoms with van der Waals surface area (Å²) in [5.74, 6) is 0. The summed E-state index contributed by atoms with van der Waals surface area (Å²) in [4.78, 5) is 4.45. The van der Waals surface area contributed by atoms with E-state index in [0.717, 1.165) is 28.0 Å². The van der Waals surface area contributed by atoms with Gasteiger partial charge in [-0.2, -0.15) is 5.26 Å². The number of aryl methyl sites for hydroxylation is 2. The summed E-state index contributed by atoms with van der Waals surface area (Å²) >= 11 is 0. The first kappa shape index (κ1) is 11.5. The third-order valence-electron chi connectivity index (χ3n) is 3.23. The molecule has 3 heteroatoms. The van der Waals surface area contributed by atoms with Gasteiger partial charge in [-0.3, -0.25) is 4.98 Å². The number of aromatic nitrogens is 2. The number of fused-ring (bicyclic) bond motifs is 1. The molecule has 0 unspecified atom stereocenters. The maximum atomic E-state index is 8.85. The molecule has 0 N–H and O–H groups in total. The van der Waals surface area contributed by atoms with Gasteiger partial charge in [0.05, 0.1) is 22.7 Å². The maximum absolute atomic E-state index is 8.85. The first-order valence-electron chi connectivity index (χ1n) is 6.14. The molecule has 3 rings (SSSR count). The summed E-state index contributed by atoms with van der Waals surface area (Å²) in [6.45, 7) is 4.10. The van der Waals surface area contributed by atoms with Crippen molar-refractivity contribution in [3.05, 3.63) is 59.4 Å². The van der Waals surface area contributed by atoms with Gasteiger partial charge in [-0.25, -0.2) is 0 Å². The number of benzene rings is 1. The minimum atomic E-state index is 0.673. The molecule has 0 amide bonds. The van der Waals surface area contributed by atoms with Crippen molar-refractivity contribution >= 4 is 11.0 Å². The van der Waals surface area contributed by atoms with Crippen LogP contribution < -0.4 is 0 Å². The third-order valence-corrected chi connectivity index (χ3v) is 3.23. The molecule has 0 saturated carbocycles. The van der Waals surface area contributed by atoms with Gasteiger partial charge < -0.3 is 4.57 Å². The van der Waals surface area contributed by atoms with Crippen LogP contribution in [-0.4, -0.2) is 9.55 Å². The van der Waals surface area contributed by atoms with Crippen LogP contribution >= 0.6 is 0 Å². The molecule has 0 fully saturated rings. The van der Waals surface area contributed by atoms with E-state index < -0.39 is 0 Å². The quantitative estimate of drug-likeness (QED) is 0.660. The molecule has 0 atom stereocenters. The van der Waals surface area contributed by atoms with Crippen LogP contribution in [0.1, 0.15) is 16.8 Å². The van der Waals surface area contributed by atoms with E-state index >= 15 is 0 Å². The summed E-state index contributed by atoms with van der Waals surface area (Å²) in [7, 11) is 0. The zero-order valence-electron chi connectivity index (χ0n) is 10.9. The third kappa shape index (κ3) is 1.88. The van der Waals surface area contributed by atoms with Gasteiger partial charge in [0.25, 0.3) is 0 Å². The van der Waals surface area contributed by atoms with E-state index in [-0.39, 0.29) is 0 Å². The van der Waals surface area contributed by atoms with Crippen LogP contribution in [0.2, 0.25) is 0 Å². The number of hydrogen-bond acceptors (Lipinski definition) is 2. The molecule has 0 radical (unpaired) electrons. The topological polar surface area (TPSA) is 41.6 Å². The zero-order chi connectivity index (χ0) is 13.4. The Labute approximate surface area is 111 Å². The van der Waals surface area contributed by atoms with Crippen LogP contribution in [0.5, 0.6) is 0 Å². The summed E-state index contributed by atoms with van der Waals surface area (Å²) in [6, 6.07) is 14.0. The van der Waals surface area contributed by atoms with Gasteiger partial charge in [-0.15, -0.1) is 0 Å². The van der Waals surface area contributed by atoms with Crippen molar-refractivity contribution in [1.29, 1.82) is 5.26 Å². The Morgan fingerprint density at radius 2 is 1.84 bits per heavy atom. The zero-order valence-corrected chi connectivity index (χ0v) is 10.9. The van der Waals surface area contributed by atoms with E-state index in [0.29, 0.717) is 5.56 Å². The molecule has 0 saturated heterocycles. The summed E-state index contributed by atoms with van der Waals surface area (Å²) < 4.78 is 2.16. The highest BCUT2D eigenvalue weighted by atomic mass is 15.0. The number of pyridine rings is 1. The van der Waals surface area contributed by atoms with Gasteiger partial charge in [0.1, 0.15) is 0 Å². The van der Waals surface area contributed by atoms with E-state index in [1.165, 1.54) is 0 Å².